The molecule has 2 aromatic rings. The topological polar surface area (TPSA) is 127 Å². The number of amides is 1. The van der Waals surface area contributed by atoms with Crippen molar-refractivity contribution < 1.29 is 26.4 Å². The molecule has 0 N–H and O–H groups in total. The summed E-state index contributed by atoms with van der Waals surface area (Å²) in [6, 6.07) is 2.79. The van der Waals surface area contributed by atoms with Crippen molar-refractivity contribution >= 4 is 59.1 Å². The van der Waals surface area contributed by atoms with Crippen LogP contribution in [0.3, 0.4) is 0 Å². The van der Waals surface area contributed by atoms with Crippen LogP contribution in [0.4, 0.5) is 4.79 Å². The first-order chi connectivity index (χ1) is 15.6. The van der Waals surface area contributed by atoms with Crippen molar-refractivity contribution in [2.24, 2.45) is 0 Å². The van der Waals surface area contributed by atoms with Crippen molar-refractivity contribution in [1.29, 1.82) is 0 Å². The number of rotatable bonds is 3. The van der Waals surface area contributed by atoms with Crippen molar-refractivity contribution in [3.63, 3.8) is 0 Å². The number of piperazine rings is 1. The van der Waals surface area contributed by atoms with E-state index in [-0.39, 0.29) is 46.0 Å². The van der Waals surface area contributed by atoms with Crippen molar-refractivity contribution in [1.82, 2.24) is 19.2 Å². The van der Waals surface area contributed by atoms with Crippen LogP contribution in [0.1, 0.15) is 20.8 Å². The summed E-state index contributed by atoms with van der Waals surface area (Å²) in [5, 5.41) is 0.213. The number of pyridine rings is 2. The number of carbonyl (C=O) groups is 1. The molecule has 0 unspecified atom stereocenters. The standard InChI is InChI=1S/C14H20ClN3O4S.C5H3Cl2NO2S/c1-14(2,3)22-13(19)17-6-8-18(9-7-17)23(20,21)12-10-16-5-4-11(12)15;6-4-1-2-8-3-5(4)11(7,9)10/h4-5,10H,6-9H2,1-3H3;1-3H. The molecule has 0 spiro atoms. The first-order valence-electron chi connectivity index (χ1n) is 9.74. The molecule has 1 saturated heterocycles. The quantitative estimate of drug-likeness (QED) is 0.509. The highest BCUT2D eigenvalue weighted by Gasteiger charge is 2.33. The van der Waals surface area contributed by atoms with Crippen LogP contribution in [0, 0.1) is 0 Å². The molecule has 0 saturated carbocycles. The first kappa shape index (κ1) is 28.5. The maximum atomic E-state index is 12.6. The number of aromatic nitrogens is 2. The second-order valence-corrected chi connectivity index (χ2v) is 13.2. The van der Waals surface area contributed by atoms with E-state index in [4.69, 9.17) is 38.6 Å². The van der Waals surface area contributed by atoms with Crippen LogP contribution in [0.25, 0.3) is 0 Å². The fourth-order valence-electron chi connectivity index (χ4n) is 2.67. The summed E-state index contributed by atoms with van der Waals surface area (Å²) in [5.74, 6) is 0. The Bertz CT molecular complexity index is 1230. The normalized spacial score (nSPS) is 15.3. The van der Waals surface area contributed by atoms with Gasteiger partial charge in [-0.3, -0.25) is 9.97 Å². The van der Waals surface area contributed by atoms with Crippen LogP contribution >= 0.6 is 33.9 Å². The Morgan fingerprint density at radius 1 is 0.912 bits per heavy atom. The predicted octanol–water partition coefficient (Wildman–Crippen LogP) is 3.64. The summed E-state index contributed by atoms with van der Waals surface area (Å²) in [6.07, 6.45) is 4.71. The van der Waals surface area contributed by atoms with Gasteiger partial charge in [0.25, 0.3) is 9.05 Å². The van der Waals surface area contributed by atoms with E-state index in [1.807, 2.05) is 0 Å². The molecule has 0 radical (unpaired) electrons. The molecule has 0 aromatic carbocycles. The van der Waals surface area contributed by atoms with Gasteiger partial charge in [0.05, 0.1) is 10.0 Å². The number of halogens is 3. The minimum atomic E-state index is -3.76. The monoisotopic (exact) mass is 572 g/mol. The molecule has 1 amide bonds. The highest BCUT2D eigenvalue weighted by atomic mass is 35.7. The molecule has 0 atom stereocenters. The molecule has 3 heterocycles. The number of sulfonamides is 1. The van der Waals surface area contributed by atoms with E-state index < -0.39 is 30.8 Å². The smallest absolute Gasteiger partial charge is 0.410 e. The van der Waals surface area contributed by atoms with Crippen LogP contribution < -0.4 is 0 Å². The molecule has 1 fully saturated rings. The van der Waals surface area contributed by atoms with Crippen molar-refractivity contribution in [3.8, 4) is 0 Å². The molecule has 0 aliphatic carbocycles. The Kier molecular flexibility index (Phi) is 9.53. The lowest BCUT2D eigenvalue weighted by Gasteiger charge is -2.35. The van der Waals surface area contributed by atoms with E-state index in [9.17, 15) is 21.6 Å². The molecule has 34 heavy (non-hydrogen) atoms. The minimum Gasteiger partial charge on any atom is -0.444 e. The number of nitrogens with zero attached hydrogens (tertiary/aromatic N) is 4. The van der Waals surface area contributed by atoms with Gasteiger partial charge in [-0.15, -0.1) is 0 Å². The molecule has 0 bridgehead atoms. The Morgan fingerprint density at radius 3 is 1.76 bits per heavy atom. The molecule has 1 aliphatic rings. The van der Waals surface area contributed by atoms with Gasteiger partial charge >= 0.3 is 6.09 Å². The first-order valence-corrected chi connectivity index (χ1v) is 14.3. The van der Waals surface area contributed by atoms with Crippen molar-refractivity contribution in [3.05, 3.63) is 47.0 Å². The third-order valence-corrected chi connectivity index (χ3v) is 8.40. The largest absolute Gasteiger partial charge is 0.444 e. The SMILES string of the molecule is CC(C)(C)OC(=O)N1CCN(S(=O)(=O)c2cnccc2Cl)CC1.O=S(=O)(Cl)c1cnccc1Cl. The molecule has 15 heteroatoms. The van der Waals surface area contributed by atoms with Crippen LogP contribution in [0.15, 0.2) is 46.7 Å². The van der Waals surface area contributed by atoms with Gasteiger partial charge < -0.3 is 9.64 Å². The van der Waals surface area contributed by atoms with Crippen LogP contribution in [0.2, 0.25) is 10.0 Å². The predicted molar refractivity (Wildman–Crippen MR) is 128 cm³/mol. The van der Waals surface area contributed by atoms with Gasteiger partial charge in [-0.1, -0.05) is 23.2 Å². The molecular weight excluding hydrogens is 551 g/mol. The Hall–Kier alpha value is -1.70. The number of ether oxygens (including phenoxy) is 1. The molecular formula is C19H23Cl3N4O6S2. The lowest BCUT2D eigenvalue weighted by molar-refractivity contribution is 0.0192. The Labute approximate surface area is 213 Å². The zero-order valence-corrected chi connectivity index (χ0v) is 22.4. The zero-order chi connectivity index (χ0) is 25.7. The van der Waals surface area contributed by atoms with Gasteiger partial charge in [-0.05, 0) is 32.9 Å². The average molecular weight is 574 g/mol. The van der Waals surface area contributed by atoms with E-state index in [1.165, 1.54) is 39.9 Å². The molecule has 3 rings (SSSR count). The maximum Gasteiger partial charge on any atom is 0.410 e. The van der Waals surface area contributed by atoms with Gasteiger partial charge in [-0.25, -0.2) is 21.6 Å². The van der Waals surface area contributed by atoms with Crippen molar-refractivity contribution in [2.45, 2.75) is 36.2 Å². The minimum absolute atomic E-state index is 0.0209. The highest BCUT2D eigenvalue weighted by Crippen LogP contribution is 2.25. The lowest BCUT2D eigenvalue weighted by Crippen LogP contribution is -2.51. The number of hydrogen-bond donors (Lipinski definition) is 0. The van der Waals surface area contributed by atoms with E-state index in [0.29, 0.717) is 0 Å². The maximum absolute atomic E-state index is 12.6. The third kappa shape index (κ3) is 7.92. The van der Waals surface area contributed by atoms with Crippen molar-refractivity contribution in [2.75, 3.05) is 26.2 Å². The van der Waals surface area contributed by atoms with Gasteiger partial charge in [-0.2, -0.15) is 4.31 Å². The summed E-state index contributed by atoms with van der Waals surface area (Å²) in [5.41, 5.74) is -0.580. The molecule has 10 nitrogen and oxygen atoms in total. The van der Waals surface area contributed by atoms with Gasteiger partial charge in [0.1, 0.15) is 15.4 Å². The fraction of sp³-hybridized carbons (Fsp3) is 0.421. The Morgan fingerprint density at radius 2 is 1.38 bits per heavy atom. The lowest BCUT2D eigenvalue weighted by atomic mass is 10.2. The number of carbonyl (C=O) groups excluding carboxylic acids is 1. The van der Waals surface area contributed by atoms with Crippen LogP contribution in [-0.4, -0.2) is 73.9 Å². The van der Waals surface area contributed by atoms with Gasteiger partial charge in [0, 0.05) is 61.6 Å². The summed E-state index contributed by atoms with van der Waals surface area (Å²) in [4.78, 5) is 20.7. The summed E-state index contributed by atoms with van der Waals surface area (Å²) in [7, 11) is -2.46. The molecule has 1 aliphatic heterocycles. The third-order valence-electron chi connectivity index (χ3n) is 4.24. The van der Waals surface area contributed by atoms with Gasteiger partial charge in [0.15, 0.2) is 0 Å². The van der Waals surface area contributed by atoms with Gasteiger partial charge in [0.2, 0.25) is 10.0 Å². The highest BCUT2D eigenvalue weighted by molar-refractivity contribution is 8.13. The molecule has 2 aromatic heterocycles. The second-order valence-electron chi connectivity index (χ2n) is 7.92. The fourth-order valence-corrected chi connectivity index (χ4v) is 5.89. The van der Waals surface area contributed by atoms with E-state index >= 15 is 0 Å². The van der Waals surface area contributed by atoms with Crippen LogP contribution in [-0.2, 0) is 23.8 Å². The summed E-state index contributed by atoms with van der Waals surface area (Å²) < 4.78 is 53.1. The Balaban J connectivity index is 0.000000310. The second kappa shape index (κ2) is 11.4. The average Bonchev–Trinajstić information content (AvgIpc) is 2.73. The van der Waals surface area contributed by atoms with Crippen LogP contribution in [0.5, 0.6) is 0 Å². The molecule has 188 valence electrons. The van der Waals surface area contributed by atoms with E-state index in [0.717, 1.165) is 6.20 Å². The van der Waals surface area contributed by atoms with E-state index in [1.54, 1.807) is 20.8 Å². The zero-order valence-electron chi connectivity index (χ0n) is 18.5. The summed E-state index contributed by atoms with van der Waals surface area (Å²) >= 11 is 11.5. The number of hydrogen-bond acceptors (Lipinski definition) is 8. The summed E-state index contributed by atoms with van der Waals surface area (Å²) in [6.45, 7) is 6.28. The van der Waals surface area contributed by atoms with E-state index in [2.05, 4.69) is 9.97 Å².